The van der Waals surface area contributed by atoms with Crippen molar-refractivity contribution in [1.29, 1.82) is 0 Å². The van der Waals surface area contributed by atoms with E-state index in [1.165, 1.54) is 31.1 Å². The normalized spacial score (nSPS) is 16.8. The van der Waals surface area contributed by atoms with Crippen molar-refractivity contribution in [2.24, 2.45) is 5.73 Å². The predicted octanol–water partition coefficient (Wildman–Crippen LogP) is 1.24. The summed E-state index contributed by atoms with van der Waals surface area (Å²) in [5.74, 6) is 0. The molecule has 1 aromatic heterocycles. The van der Waals surface area contributed by atoms with Gasteiger partial charge in [-0.25, -0.2) is 4.98 Å². The van der Waals surface area contributed by atoms with E-state index in [2.05, 4.69) is 15.3 Å². The van der Waals surface area contributed by atoms with Crippen molar-refractivity contribution in [3.63, 3.8) is 0 Å². The van der Waals surface area contributed by atoms with Crippen LogP contribution in [0.3, 0.4) is 0 Å². The Labute approximate surface area is 82.6 Å². The summed E-state index contributed by atoms with van der Waals surface area (Å²) in [7, 11) is 0. The first kappa shape index (κ1) is 8.97. The van der Waals surface area contributed by atoms with Gasteiger partial charge in [-0.05, 0) is 19.4 Å². The Hall–Kier alpha value is -0.610. The van der Waals surface area contributed by atoms with Crippen LogP contribution in [0.25, 0.3) is 0 Å². The summed E-state index contributed by atoms with van der Waals surface area (Å²) < 4.78 is 0. The molecule has 0 saturated carbocycles. The predicted molar refractivity (Wildman–Crippen MR) is 56.3 cm³/mol. The van der Waals surface area contributed by atoms with Gasteiger partial charge < -0.3 is 10.6 Å². The van der Waals surface area contributed by atoms with Crippen molar-refractivity contribution in [1.82, 2.24) is 4.98 Å². The molecule has 2 rings (SSSR count). The molecule has 4 heteroatoms. The highest BCUT2D eigenvalue weighted by Crippen LogP contribution is 2.24. The van der Waals surface area contributed by atoms with E-state index in [1.807, 2.05) is 0 Å². The van der Waals surface area contributed by atoms with Gasteiger partial charge in [-0.1, -0.05) is 0 Å². The molecule has 1 saturated heterocycles. The van der Waals surface area contributed by atoms with Crippen molar-refractivity contribution < 1.29 is 0 Å². The molecule has 0 atom stereocenters. The highest BCUT2D eigenvalue weighted by molar-refractivity contribution is 7.13. The monoisotopic (exact) mass is 197 g/mol. The van der Waals surface area contributed by atoms with E-state index in [4.69, 9.17) is 5.73 Å². The third-order valence-electron chi connectivity index (χ3n) is 2.32. The van der Waals surface area contributed by atoms with E-state index in [0.717, 1.165) is 12.1 Å². The second-order valence-electron chi connectivity index (χ2n) is 3.35. The van der Waals surface area contributed by atoms with E-state index in [-0.39, 0.29) is 0 Å². The van der Waals surface area contributed by atoms with Gasteiger partial charge in [0, 0.05) is 24.9 Å². The summed E-state index contributed by atoms with van der Waals surface area (Å²) in [5, 5.41) is 3.31. The van der Waals surface area contributed by atoms with Gasteiger partial charge in [0.1, 0.15) is 0 Å². The van der Waals surface area contributed by atoms with E-state index in [1.54, 1.807) is 11.3 Å². The lowest BCUT2D eigenvalue weighted by molar-refractivity contribution is 0.908. The zero-order chi connectivity index (χ0) is 9.10. The standard InChI is InChI=1S/C9H15N3S/c10-4-3-8-7-13-9(11-8)12-5-1-2-6-12/h7H,1-6,10H2. The molecule has 13 heavy (non-hydrogen) atoms. The molecule has 0 spiro atoms. The lowest BCUT2D eigenvalue weighted by Gasteiger charge is -2.12. The number of nitrogens with two attached hydrogens (primary N) is 1. The van der Waals surface area contributed by atoms with Crippen molar-refractivity contribution >= 4 is 16.5 Å². The summed E-state index contributed by atoms with van der Waals surface area (Å²) in [5.41, 5.74) is 6.62. The largest absolute Gasteiger partial charge is 0.348 e. The summed E-state index contributed by atoms with van der Waals surface area (Å²) in [6.45, 7) is 3.05. The van der Waals surface area contributed by atoms with Gasteiger partial charge >= 0.3 is 0 Å². The minimum Gasteiger partial charge on any atom is -0.348 e. The molecular formula is C9H15N3S. The molecule has 0 aromatic carbocycles. The van der Waals surface area contributed by atoms with Gasteiger partial charge in [-0.3, -0.25) is 0 Å². The fourth-order valence-electron chi connectivity index (χ4n) is 1.61. The van der Waals surface area contributed by atoms with Gasteiger partial charge in [-0.2, -0.15) is 0 Å². The molecule has 1 aliphatic rings. The van der Waals surface area contributed by atoms with Gasteiger partial charge in [-0.15, -0.1) is 11.3 Å². The van der Waals surface area contributed by atoms with Crippen molar-refractivity contribution in [3.8, 4) is 0 Å². The van der Waals surface area contributed by atoms with Gasteiger partial charge in [0.05, 0.1) is 5.69 Å². The Bertz CT molecular complexity index is 266. The lowest BCUT2D eigenvalue weighted by Crippen LogP contribution is -2.17. The van der Waals surface area contributed by atoms with E-state index in [0.29, 0.717) is 6.54 Å². The summed E-state index contributed by atoms with van der Waals surface area (Å²) in [6, 6.07) is 0. The molecule has 1 aromatic rings. The lowest BCUT2D eigenvalue weighted by atomic mass is 10.3. The molecule has 0 aliphatic carbocycles. The van der Waals surface area contributed by atoms with E-state index in [9.17, 15) is 0 Å². The van der Waals surface area contributed by atoms with Crippen LogP contribution in [0, 0.1) is 0 Å². The third-order valence-corrected chi connectivity index (χ3v) is 3.27. The molecule has 0 amide bonds. The molecule has 72 valence electrons. The van der Waals surface area contributed by atoms with Crippen LogP contribution in [0.1, 0.15) is 18.5 Å². The molecule has 1 aliphatic heterocycles. The topological polar surface area (TPSA) is 42.1 Å². The average molecular weight is 197 g/mol. The van der Waals surface area contributed by atoms with Crippen LogP contribution in [-0.2, 0) is 6.42 Å². The molecular weight excluding hydrogens is 182 g/mol. The Morgan fingerprint density at radius 2 is 2.23 bits per heavy atom. The summed E-state index contributed by atoms with van der Waals surface area (Å²) in [6.07, 6.45) is 3.53. The molecule has 1 fully saturated rings. The minimum absolute atomic E-state index is 0.698. The first-order valence-corrected chi connectivity index (χ1v) is 5.67. The Balaban J connectivity index is 2.03. The molecule has 3 nitrogen and oxygen atoms in total. The number of hydrogen-bond donors (Lipinski definition) is 1. The number of aromatic nitrogens is 1. The van der Waals surface area contributed by atoms with E-state index >= 15 is 0 Å². The maximum atomic E-state index is 5.47. The quantitative estimate of drug-likeness (QED) is 0.793. The summed E-state index contributed by atoms with van der Waals surface area (Å²) in [4.78, 5) is 6.91. The number of thiazole rings is 1. The first-order chi connectivity index (χ1) is 6.40. The molecule has 0 unspecified atom stereocenters. The molecule has 0 radical (unpaired) electrons. The molecule has 0 bridgehead atoms. The molecule has 2 N–H and O–H groups in total. The van der Waals surface area contributed by atoms with Gasteiger partial charge in [0.25, 0.3) is 0 Å². The number of anilines is 1. The zero-order valence-corrected chi connectivity index (χ0v) is 8.52. The fraction of sp³-hybridized carbons (Fsp3) is 0.667. The SMILES string of the molecule is NCCc1csc(N2CCCC2)n1. The van der Waals surface area contributed by atoms with Crippen LogP contribution in [0.2, 0.25) is 0 Å². The minimum atomic E-state index is 0.698. The van der Waals surface area contributed by atoms with Gasteiger partial charge in [0.2, 0.25) is 0 Å². The maximum absolute atomic E-state index is 5.47. The Kier molecular flexibility index (Phi) is 2.80. The number of nitrogens with zero attached hydrogens (tertiary/aromatic N) is 2. The zero-order valence-electron chi connectivity index (χ0n) is 7.70. The van der Waals surface area contributed by atoms with Crippen LogP contribution in [0.15, 0.2) is 5.38 Å². The first-order valence-electron chi connectivity index (χ1n) is 4.79. The summed E-state index contributed by atoms with van der Waals surface area (Å²) >= 11 is 1.75. The van der Waals surface area contributed by atoms with Crippen LogP contribution < -0.4 is 10.6 Å². The fourth-order valence-corrected chi connectivity index (χ4v) is 2.53. The van der Waals surface area contributed by atoms with Gasteiger partial charge in [0.15, 0.2) is 5.13 Å². The maximum Gasteiger partial charge on any atom is 0.185 e. The Morgan fingerprint density at radius 1 is 1.46 bits per heavy atom. The highest BCUT2D eigenvalue weighted by Gasteiger charge is 2.14. The second-order valence-corrected chi connectivity index (χ2v) is 4.19. The van der Waals surface area contributed by atoms with Crippen LogP contribution in [0.4, 0.5) is 5.13 Å². The third kappa shape index (κ3) is 2.00. The van der Waals surface area contributed by atoms with Crippen LogP contribution in [0.5, 0.6) is 0 Å². The highest BCUT2D eigenvalue weighted by atomic mass is 32.1. The van der Waals surface area contributed by atoms with Crippen LogP contribution in [-0.4, -0.2) is 24.6 Å². The number of hydrogen-bond acceptors (Lipinski definition) is 4. The van der Waals surface area contributed by atoms with Crippen molar-refractivity contribution in [2.45, 2.75) is 19.3 Å². The Morgan fingerprint density at radius 3 is 2.92 bits per heavy atom. The number of rotatable bonds is 3. The van der Waals surface area contributed by atoms with E-state index < -0.39 is 0 Å². The second kappa shape index (κ2) is 4.07. The molecule has 2 heterocycles. The van der Waals surface area contributed by atoms with Crippen molar-refractivity contribution in [3.05, 3.63) is 11.1 Å². The van der Waals surface area contributed by atoms with Crippen LogP contribution >= 0.6 is 11.3 Å². The van der Waals surface area contributed by atoms with Crippen molar-refractivity contribution in [2.75, 3.05) is 24.5 Å². The smallest absolute Gasteiger partial charge is 0.185 e. The average Bonchev–Trinajstić information content (AvgIpc) is 2.70.